The first-order valence-electron chi connectivity index (χ1n) is 8.70. The van der Waals surface area contributed by atoms with Crippen LogP contribution in [0.1, 0.15) is 44.7 Å². The molecule has 0 saturated heterocycles. The van der Waals surface area contributed by atoms with E-state index in [1.54, 1.807) is 17.4 Å². The fourth-order valence-electron chi connectivity index (χ4n) is 3.07. The summed E-state index contributed by atoms with van der Waals surface area (Å²) in [5, 5.41) is 24.0. The zero-order chi connectivity index (χ0) is 18.6. The van der Waals surface area contributed by atoms with E-state index in [1.807, 2.05) is 20.8 Å². The summed E-state index contributed by atoms with van der Waals surface area (Å²) in [6.45, 7) is 5.97. The molecule has 0 unspecified atom stereocenters. The van der Waals surface area contributed by atoms with Crippen LogP contribution in [0.25, 0.3) is 11.0 Å². The largest absolute Gasteiger partial charge is 0.544 e. The van der Waals surface area contributed by atoms with Crippen molar-refractivity contribution in [3.63, 3.8) is 0 Å². The van der Waals surface area contributed by atoms with Crippen molar-refractivity contribution in [2.24, 2.45) is 5.92 Å². The van der Waals surface area contributed by atoms with Gasteiger partial charge in [0.25, 0.3) is 0 Å². The van der Waals surface area contributed by atoms with Crippen molar-refractivity contribution in [1.82, 2.24) is 0 Å². The Morgan fingerprint density at radius 1 is 1.36 bits per heavy atom. The molecule has 1 heterocycles. The predicted octanol–water partition coefficient (Wildman–Crippen LogP) is 0.679. The van der Waals surface area contributed by atoms with Crippen LogP contribution in [0.3, 0.4) is 0 Å². The number of carbonyl (C=O) groups is 1. The summed E-state index contributed by atoms with van der Waals surface area (Å²) >= 11 is 0. The number of carbonyl (C=O) groups excluding carboxylic acids is 1. The molecule has 0 spiro atoms. The van der Waals surface area contributed by atoms with Crippen LogP contribution in [0.4, 0.5) is 0 Å². The maximum Gasteiger partial charge on any atom is 0.336 e. The van der Waals surface area contributed by atoms with Crippen molar-refractivity contribution in [3.8, 4) is 5.75 Å². The first-order valence-corrected chi connectivity index (χ1v) is 8.70. The van der Waals surface area contributed by atoms with Gasteiger partial charge >= 0.3 is 5.63 Å². The zero-order valence-corrected chi connectivity index (χ0v) is 14.9. The number of carboxylic acids is 1. The molecule has 0 saturated carbocycles. The summed E-state index contributed by atoms with van der Waals surface area (Å²) in [5.41, 5.74) is 1.16. The lowest BCUT2D eigenvalue weighted by molar-refractivity contribution is -0.704. The Hall–Kier alpha value is -2.34. The lowest BCUT2D eigenvalue weighted by Crippen LogP contribution is -2.93. The number of carboxylic acid groups (broad SMARTS) is 1. The molecule has 2 rings (SSSR count). The van der Waals surface area contributed by atoms with E-state index in [0.29, 0.717) is 17.6 Å². The Kier molecular flexibility index (Phi) is 6.20. The Morgan fingerprint density at radius 3 is 2.68 bits per heavy atom. The van der Waals surface area contributed by atoms with Crippen molar-refractivity contribution in [1.29, 1.82) is 0 Å². The maximum atomic E-state index is 11.9. The molecule has 0 bridgehead atoms. The van der Waals surface area contributed by atoms with Gasteiger partial charge in [-0.25, -0.2) is 4.79 Å². The topological polar surface area (TPSA) is 107 Å². The average Bonchev–Trinajstić information content (AvgIpc) is 2.56. The molecule has 1 aromatic heterocycles. The second-order valence-corrected chi connectivity index (χ2v) is 6.45. The summed E-state index contributed by atoms with van der Waals surface area (Å²) in [5.74, 6) is -1.23. The van der Waals surface area contributed by atoms with Crippen LogP contribution in [0, 0.1) is 5.92 Å². The number of nitrogens with two attached hydrogens (primary N) is 1. The van der Waals surface area contributed by atoms with Crippen molar-refractivity contribution in [3.05, 3.63) is 39.7 Å². The molecule has 0 amide bonds. The minimum atomic E-state index is -1.14. The van der Waals surface area contributed by atoms with Crippen LogP contribution >= 0.6 is 0 Å². The number of aryl methyl sites for hydroxylation is 1. The van der Waals surface area contributed by atoms with E-state index in [4.69, 9.17) is 4.42 Å². The highest BCUT2D eigenvalue weighted by Crippen LogP contribution is 2.28. The fraction of sp³-hybridized carbons (Fsp3) is 0.474. The lowest BCUT2D eigenvalue weighted by atomic mass is 9.98. The number of aromatic hydroxyl groups is 1. The molecule has 136 valence electrons. The van der Waals surface area contributed by atoms with Crippen LogP contribution < -0.4 is 16.0 Å². The highest BCUT2D eigenvalue weighted by molar-refractivity contribution is 5.85. The molecular formula is C19H25NO5. The number of rotatable bonds is 8. The number of quaternary nitrogens is 1. The standard InChI is InChI=1S/C19H25NO5/c1-4-6-12-9-16(22)25-18-13(12)7-8-15(21)14(18)10-20-17(19(23)24)11(3)5-2/h7-9,11,17,20-21H,4-6,10H2,1-3H3,(H,23,24)/t11-,17+/m1/s1. The number of fused-ring (bicyclic) bond motifs is 1. The van der Waals surface area contributed by atoms with Crippen LogP contribution in [0.5, 0.6) is 5.75 Å². The van der Waals surface area contributed by atoms with Gasteiger partial charge in [0.2, 0.25) is 0 Å². The molecule has 6 heteroatoms. The molecule has 2 aromatic rings. The third kappa shape index (κ3) is 4.20. The maximum absolute atomic E-state index is 11.9. The van der Waals surface area contributed by atoms with Gasteiger partial charge in [-0.05, 0) is 30.5 Å². The van der Waals surface area contributed by atoms with Gasteiger partial charge in [0.15, 0.2) is 5.58 Å². The zero-order valence-electron chi connectivity index (χ0n) is 14.9. The predicted molar refractivity (Wildman–Crippen MR) is 92.0 cm³/mol. The van der Waals surface area contributed by atoms with Gasteiger partial charge in [0, 0.05) is 17.4 Å². The summed E-state index contributed by atoms with van der Waals surface area (Å²) in [6.07, 6.45) is 2.30. The third-order valence-electron chi connectivity index (χ3n) is 4.70. The van der Waals surface area contributed by atoms with Gasteiger partial charge < -0.3 is 24.7 Å². The van der Waals surface area contributed by atoms with Gasteiger partial charge in [-0.15, -0.1) is 0 Å². The summed E-state index contributed by atoms with van der Waals surface area (Å²) in [4.78, 5) is 23.3. The number of aliphatic carboxylic acids is 1. The summed E-state index contributed by atoms with van der Waals surface area (Å²) in [6, 6.07) is 4.03. The lowest BCUT2D eigenvalue weighted by Gasteiger charge is -2.22. The molecular weight excluding hydrogens is 322 g/mol. The van der Waals surface area contributed by atoms with Gasteiger partial charge in [0.1, 0.15) is 18.3 Å². The Morgan fingerprint density at radius 2 is 2.08 bits per heavy atom. The number of phenols is 1. The van der Waals surface area contributed by atoms with Crippen molar-refractivity contribution in [2.45, 2.75) is 52.6 Å². The molecule has 0 aliphatic heterocycles. The van der Waals surface area contributed by atoms with E-state index < -0.39 is 17.6 Å². The van der Waals surface area contributed by atoms with Gasteiger partial charge in [-0.1, -0.05) is 27.2 Å². The SMILES string of the molecule is CCCc1cc(=O)oc2c(C[NH2+][C@H](C(=O)[O-])[C@H](C)CC)c(O)ccc12. The van der Waals surface area contributed by atoms with Gasteiger partial charge in [0.05, 0.1) is 11.5 Å². The minimum Gasteiger partial charge on any atom is -0.544 e. The van der Waals surface area contributed by atoms with Gasteiger partial charge in [-0.3, -0.25) is 0 Å². The molecule has 6 nitrogen and oxygen atoms in total. The molecule has 3 N–H and O–H groups in total. The number of hydrogen-bond donors (Lipinski definition) is 2. The van der Waals surface area contributed by atoms with Crippen molar-refractivity contribution in [2.75, 3.05) is 0 Å². The second kappa shape index (κ2) is 8.16. The van der Waals surface area contributed by atoms with E-state index in [9.17, 15) is 19.8 Å². The minimum absolute atomic E-state index is 0.0122. The van der Waals surface area contributed by atoms with Crippen molar-refractivity contribution < 1.29 is 24.7 Å². The summed E-state index contributed by atoms with van der Waals surface area (Å²) in [7, 11) is 0. The van der Waals surface area contributed by atoms with Crippen molar-refractivity contribution >= 4 is 16.9 Å². The van der Waals surface area contributed by atoms with E-state index in [0.717, 1.165) is 23.8 Å². The number of hydrogen-bond acceptors (Lipinski definition) is 5. The highest BCUT2D eigenvalue weighted by Gasteiger charge is 2.22. The smallest absolute Gasteiger partial charge is 0.336 e. The van der Waals surface area contributed by atoms with Gasteiger partial charge in [-0.2, -0.15) is 0 Å². The molecule has 0 aliphatic carbocycles. The first kappa shape index (κ1) is 19.0. The number of phenolic OH excluding ortho intramolecular Hbond substituents is 1. The molecule has 2 atom stereocenters. The normalized spacial score (nSPS) is 13.7. The quantitative estimate of drug-likeness (QED) is 0.683. The molecule has 0 aliphatic rings. The Balaban J connectivity index is 2.45. The van der Waals surface area contributed by atoms with E-state index >= 15 is 0 Å². The third-order valence-corrected chi connectivity index (χ3v) is 4.70. The summed E-state index contributed by atoms with van der Waals surface area (Å²) < 4.78 is 5.34. The molecule has 0 radical (unpaired) electrons. The molecule has 0 fully saturated rings. The van der Waals surface area contributed by atoms with Crippen LogP contribution in [0.2, 0.25) is 0 Å². The Bertz CT molecular complexity index is 811. The Labute approximate surface area is 146 Å². The molecule has 25 heavy (non-hydrogen) atoms. The highest BCUT2D eigenvalue weighted by atomic mass is 16.4. The van der Waals surface area contributed by atoms with E-state index in [-0.39, 0.29) is 18.2 Å². The van der Waals surface area contributed by atoms with E-state index in [1.165, 1.54) is 6.07 Å². The van der Waals surface area contributed by atoms with Crippen LogP contribution in [0.15, 0.2) is 27.4 Å². The monoisotopic (exact) mass is 347 g/mol. The fourth-order valence-corrected chi connectivity index (χ4v) is 3.07. The van der Waals surface area contributed by atoms with E-state index in [2.05, 4.69) is 0 Å². The first-order chi connectivity index (χ1) is 11.9. The average molecular weight is 347 g/mol. The second-order valence-electron chi connectivity index (χ2n) is 6.45. The van der Waals surface area contributed by atoms with Crippen LogP contribution in [-0.2, 0) is 17.8 Å². The molecule has 1 aromatic carbocycles. The number of benzene rings is 1. The van der Waals surface area contributed by atoms with Crippen LogP contribution in [-0.4, -0.2) is 17.1 Å².